The number of fused-ring (bicyclic) bond motifs is 1. The Balaban J connectivity index is 2.02. The number of carbonyl (C=O) groups excluding carboxylic acids is 1. The van der Waals surface area contributed by atoms with E-state index < -0.39 is 17.9 Å². The Morgan fingerprint density at radius 1 is 1.26 bits per heavy atom. The highest BCUT2D eigenvalue weighted by Crippen LogP contribution is 2.31. The second kappa shape index (κ2) is 5.50. The SMILES string of the molecule is Nc1cc(C(=O)O)nc(NC2=CC(=O)C(O)c3ccccc32)n1. The standard InChI is InChI=1S/C15H12N4O4/c16-12-6-10(14(22)23)18-15(19-12)17-9-5-11(20)13(21)8-4-2-1-3-7(8)9/h1-6,13,21H,(H,22,23)(H3,16,17,18,19). The zero-order valence-corrected chi connectivity index (χ0v) is 11.7. The van der Waals surface area contributed by atoms with Crippen molar-refractivity contribution in [3.05, 3.63) is 53.2 Å². The van der Waals surface area contributed by atoms with Gasteiger partial charge in [-0.2, -0.15) is 4.98 Å². The van der Waals surface area contributed by atoms with E-state index in [-0.39, 0.29) is 17.5 Å². The summed E-state index contributed by atoms with van der Waals surface area (Å²) in [7, 11) is 0. The predicted molar refractivity (Wildman–Crippen MR) is 81.4 cm³/mol. The van der Waals surface area contributed by atoms with Gasteiger partial charge in [0, 0.05) is 17.7 Å². The fourth-order valence-electron chi connectivity index (χ4n) is 2.29. The summed E-state index contributed by atoms with van der Waals surface area (Å²) in [5, 5.41) is 21.7. The van der Waals surface area contributed by atoms with Gasteiger partial charge in [0.1, 0.15) is 11.9 Å². The number of aromatic carboxylic acids is 1. The van der Waals surface area contributed by atoms with Crippen molar-refractivity contribution in [1.82, 2.24) is 9.97 Å². The number of nitrogens with two attached hydrogens (primary N) is 1. The number of aromatic nitrogens is 2. The number of nitrogen functional groups attached to an aromatic ring is 1. The van der Waals surface area contributed by atoms with Crippen LogP contribution in [-0.2, 0) is 4.79 Å². The molecule has 0 spiro atoms. The van der Waals surface area contributed by atoms with E-state index >= 15 is 0 Å². The molecule has 8 heteroatoms. The molecule has 1 unspecified atom stereocenters. The zero-order valence-electron chi connectivity index (χ0n) is 11.7. The first-order valence-corrected chi connectivity index (χ1v) is 6.63. The van der Waals surface area contributed by atoms with E-state index in [0.29, 0.717) is 16.8 Å². The fourth-order valence-corrected chi connectivity index (χ4v) is 2.29. The molecule has 0 aliphatic heterocycles. The third-order valence-corrected chi connectivity index (χ3v) is 3.31. The maximum Gasteiger partial charge on any atom is 0.354 e. The van der Waals surface area contributed by atoms with Crippen molar-refractivity contribution in [3.63, 3.8) is 0 Å². The van der Waals surface area contributed by atoms with Gasteiger partial charge in [-0.15, -0.1) is 0 Å². The number of nitrogens with one attached hydrogen (secondary N) is 1. The average Bonchev–Trinajstić information content (AvgIpc) is 2.52. The van der Waals surface area contributed by atoms with Crippen molar-refractivity contribution < 1.29 is 19.8 Å². The number of benzene rings is 1. The second-order valence-electron chi connectivity index (χ2n) is 4.88. The highest BCUT2D eigenvalue weighted by Gasteiger charge is 2.26. The largest absolute Gasteiger partial charge is 0.477 e. The number of rotatable bonds is 3. The van der Waals surface area contributed by atoms with Crippen molar-refractivity contribution in [2.24, 2.45) is 0 Å². The molecule has 0 saturated heterocycles. The number of nitrogens with zero attached hydrogens (tertiary/aromatic N) is 2. The molecular formula is C15H12N4O4. The van der Waals surface area contributed by atoms with E-state index in [1.165, 1.54) is 6.08 Å². The summed E-state index contributed by atoms with van der Waals surface area (Å²) in [4.78, 5) is 30.6. The van der Waals surface area contributed by atoms with Crippen molar-refractivity contribution in [3.8, 4) is 0 Å². The number of carboxylic acids is 1. The third-order valence-electron chi connectivity index (χ3n) is 3.31. The normalized spacial score (nSPS) is 16.5. The Morgan fingerprint density at radius 2 is 2.00 bits per heavy atom. The van der Waals surface area contributed by atoms with Crippen LogP contribution in [0.3, 0.4) is 0 Å². The van der Waals surface area contributed by atoms with E-state index in [0.717, 1.165) is 6.07 Å². The predicted octanol–water partition coefficient (Wildman–Crippen LogP) is 0.826. The van der Waals surface area contributed by atoms with Crippen molar-refractivity contribution in [2.45, 2.75) is 6.10 Å². The van der Waals surface area contributed by atoms with Gasteiger partial charge >= 0.3 is 5.97 Å². The summed E-state index contributed by atoms with van der Waals surface area (Å²) in [5.74, 6) is -1.80. The van der Waals surface area contributed by atoms with Crippen molar-refractivity contribution >= 4 is 29.2 Å². The minimum atomic E-state index is -1.24. The maximum atomic E-state index is 11.9. The van der Waals surface area contributed by atoms with Crippen LogP contribution in [0.15, 0.2) is 36.4 Å². The number of hydrogen-bond acceptors (Lipinski definition) is 7. The zero-order chi connectivity index (χ0) is 16.6. The highest BCUT2D eigenvalue weighted by atomic mass is 16.4. The molecule has 2 aromatic rings. The molecule has 1 aromatic carbocycles. The lowest BCUT2D eigenvalue weighted by atomic mass is 9.91. The molecule has 5 N–H and O–H groups in total. The molecule has 0 radical (unpaired) electrons. The fraction of sp³-hybridized carbons (Fsp3) is 0.0667. The lowest BCUT2D eigenvalue weighted by Gasteiger charge is -2.21. The molecule has 1 atom stereocenters. The summed E-state index contributed by atoms with van der Waals surface area (Å²) < 4.78 is 0. The molecule has 23 heavy (non-hydrogen) atoms. The van der Waals surface area contributed by atoms with E-state index in [2.05, 4.69) is 15.3 Å². The van der Waals surface area contributed by atoms with Crippen LogP contribution in [0.4, 0.5) is 11.8 Å². The minimum absolute atomic E-state index is 0.0176. The number of ketones is 1. The van der Waals surface area contributed by atoms with Gasteiger partial charge in [0.05, 0.1) is 5.70 Å². The Labute approximate surface area is 130 Å². The van der Waals surface area contributed by atoms with Crippen LogP contribution in [-0.4, -0.2) is 31.9 Å². The van der Waals surface area contributed by atoms with Crippen molar-refractivity contribution in [1.29, 1.82) is 0 Å². The molecule has 3 rings (SSSR count). The van der Waals surface area contributed by atoms with Crippen LogP contribution in [0, 0.1) is 0 Å². The van der Waals surface area contributed by atoms with Gasteiger partial charge in [0.25, 0.3) is 0 Å². The molecule has 1 aliphatic rings. The first-order chi connectivity index (χ1) is 11.0. The second-order valence-corrected chi connectivity index (χ2v) is 4.88. The Bertz CT molecular complexity index is 847. The van der Waals surface area contributed by atoms with Crippen LogP contribution < -0.4 is 11.1 Å². The van der Waals surface area contributed by atoms with Crippen LogP contribution in [0.2, 0.25) is 0 Å². The van der Waals surface area contributed by atoms with Crippen LogP contribution in [0.1, 0.15) is 27.7 Å². The number of aliphatic hydroxyl groups excluding tert-OH is 1. The summed E-state index contributed by atoms with van der Waals surface area (Å²) in [5.41, 5.74) is 6.71. The molecule has 0 amide bonds. The van der Waals surface area contributed by atoms with E-state index in [1.807, 2.05) is 0 Å². The number of aliphatic hydroxyl groups is 1. The molecule has 1 aliphatic carbocycles. The molecule has 1 aromatic heterocycles. The third kappa shape index (κ3) is 2.74. The van der Waals surface area contributed by atoms with E-state index in [1.54, 1.807) is 24.3 Å². The Hall–Kier alpha value is -3.26. The smallest absolute Gasteiger partial charge is 0.354 e. The summed E-state index contributed by atoms with van der Waals surface area (Å²) >= 11 is 0. The minimum Gasteiger partial charge on any atom is -0.477 e. The molecular weight excluding hydrogens is 300 g/mol. The van der Waals surface area contributed by atoms with Gasteiger partial charge in [0.2, 0.25) is 5.95 Å². The summed E-state index contributed by atoms with van der Waals surface area (Å²) in [6.45, 7) is 0. The number of anilines is 2. The van der Waals surface area contributed by atoms with Gasteiger partial charge in [-0.05, 0) is 5.56 Å². The van der Waals surface area contributed by atoms with E-state index in [9.17, 15) is 14.7 Å². The monoisotopic (exact) mass is 312 g/mol. The number of hydrogen-bond donors (Lipinski definition) is 4. The molecule has 0 bridgehead atoms. The van der Waals surface area contributed by atoms with Crippen LogP contribution in [0.25, 0.3) is 5.70 Å². The van der Waals surface area contributed by atoms with Gasteiger partial charge in [-0.1, -0.05) is 24.3 Å². The van der Waals surface area contributed by atoms with Gasteiger partial charge in [-0.3, -0.25) is 4.79 Å². The summed E-state index contributed by atoms with van der Waals surface area (Å²) in [6, 6.07) is 7.94. The molecule has 8 nitrogen and oxygen atoms in total. The van der Waals surface area contributed by atoms with E-state index in [4.69, 9.17) is 10.8 Å². The number of carbonyl (C=O) groups is 2. The van der Waals surface area contributed by atoms with Crippen LogP contribution in [0.5, 0.6) is 0 Å². The Kier molecular flexibility index (Phi) is 3.51. The maximum absolute atomic E-state index is 11.9. The average molecular weight is 312 g/mol. The van der Waals surface area contributed by atoms with Gasteiger partial charge in [0.15, 0.2) is 11.5 Å². The molecule has 116 valence electrons. The lowest BCUT2D eigenvalue weighted by molar-refractivity contribution is -0.122. The van der Waals surface area contributed by atoms with Gasteiger partial charge < -0.3 is 21.3 Å². The summed E-state index contributed by atoms with van der Waals surface area (Å²) in [6.07, 6.45) is -0.00641. The first-order valence-electron chi connectivity index (χ1n) is 6.63. The molecule has 0 fully saturated rings. The highest BCUT2D eigenvalue weighted by molar-refractivity contribution is 6.05. The lowest BCUT2D eigenvalue weighted by Crippen LogP contribution is -2.20. The van der Waals surface area contributed by atoms with Gasteiger partial charge in [-0.25, -0.2) is 9.78 Å². The van der Waals surface area contributed by atoms with Crippen LogP contribution >= 0.6 is 0 Å². The number of carboxylic acid groups (broad SMARTS) is 1. The topological polar surface area (TPSA) is 138 Å². The Morgan fingerprint density at radius 3 is 2.74 bits per heavy atom. The molecule has 1 heterocycles. The van der Waals surface area contributed by atoms with Crippen molar-refractivity contribution in [2.75, 3.05) is 11.1 Å². The first kappa shape index (κ1) is 14.7. The molecule has 0 saturated carbocycles. The quantitative estimate of drug-likeness (QED) is 0.653.